The number of hydrogen-bond acceptors (Lipinski definition) is 4. The summed E-state index contributed by atoms with van der Waals surface area (Å²) in [5.74, 6) is 0.818. The maximum absolute atomic E-state index is 9.60. The summed E-state index contributed by atoms with van der Waals surface area (Å²) < 4.78 is 5.99. The van der Waals surface area contributed by atoms with Gasteiger partial charge in [0, 0.05) is 17.6 Å². The van der Waals surface area contributed by atoms with Gasteiger partial charge in [-0.3, -0.25) is 0 Å². The van der Waals surface area contributed by atoms with Gasteiger partial charge in [-0.05, 0) is 49.3 Å². The molecule has 0 radical (unpaired) electrons. The molecule has 0 aliphatic heterocycles. The first kappa shape index (κ1) is 12.2. The molecule has 1 aliphatic rings. The molecule has 1 aliphatic carbocycles. The number of nitrogens with zero attached hydrogens (tertiary/aromatic N) is 1. The molecule has 1 saturated carbocycles. The number of ether oxygens (including phenoxy) is 1. The van der Waals surface area contributed by atoms with Gasteiger partial charge in [-0.2, -0.15) is 0 Å². The van der Waals surface area contributed by atoms with Crippen molar-refractivity contribution in [2.45, 2.75) is 37.8 Å². The van der Waals surface area contributed by atoms with E-state index in [-0.39, 0.29) is 17.9 Å². The summed E-state index contributed by atoms with van der Waals surface area (Å²) in [4.78, 5) is 4.29. The number of rotatable bonds is 2. The van der Waals surface area contributed by atoms with Crippen LogP contribution < -0.4 is 10.5 Å². The normalized spacial score (nSPS) is 23.4. The highest BCUT2D eigenvalue weighted by Gasteiger charge is 2.21. The van der Waals surface area contributed by atoms with Crippen molar-refractivity contribution in [1.82, 2.24) is 4.98 Å². The maximum atomic E-state index is 9.60. The van der Waals surface area contributed by atoms with Crippen LogP contribution in [0.25, 0.3) is 10.8 Å². The largest absolute Gasteiger partial charge is 0.508 e. The minimum Gasteiger partial charge on any atom is -0.508 e. The van der Waals surface area contributed by atoms with Crippen LogP contribution in [0.4, 0.5) is 0 Å². The van der Waals surface area contributed by atoms with Crippen LogP contribution in [0.3, 0.4) is 0 Å². The summed E-state index contributed by atoms with van der Waals surface area (Å²) >= 11 is 0. The molecule has 3 N–H and O–H groups in total. The Morgan fingerprint density at radius 2 is 2.16 bits per heavy atom. The Morgan fingerprint density at radius 3 is 3.00 bits per heavy atom. The van der Waals surface area contributed by atoms with Crippen molar-refractivity contribution in [1.29, 1.82) is 0 Å². The zero-order valence-corrected chi connectivity index (χ0v) is 10.7. The second-order valence-electron chi connectivity index (χ2n) is 5.19. The number of fused-ring (bicyclic) bond motifs is 1. The molecule has 0 saturated heterocycles. The van der Waals surface area contributed by atoms with Crippen LogP contribution in [0, 0.1) is 0 Å². The van der Waals surface area contributed by atoms with E-state index in [1.54, 1.807) is 18.3 Å². The quantitative estimate of drug-likeness (QED) is 0.868. The molecule has 2 aromatic rings. The van der Waals surface area contributed by atoms with Crippen LogP contribution in [-0.2, 0) is 0 Å². The molecule has 100 valence electrons. The van der Waals surface area contributed by atoms with Crippen LogP contribution in [0.5, 0.6) is 11.6 Å². The first-order valence-electron chi connectivity index (χ1n) is 6.72. The first-order chi connectivity index (χ1) is 9.22. The Bertz CT molecular complexity index is 585. The van der Waals surface area contributed by atoms with Crippen molar-refractivity contribution >= 4 is 10.8 Å². The third-order valence-electron chi connectivity index (χ3n) is 3.66. The number of hydrogen-bond donors (Lipinski definition) is 2. The summed E-state index contributed by atoms with van der Waals surface area (Å²) in [5, 5.41) is 11.5. The van der Waals surface area contributed by atoms with E-state index >= 15 is 0 Å². The minimum absolute atomic E-state index is 0.129. The third kappa shape index (κ3) is 2.63. The van der Waals surface area contributed by atoms with Crippen LogP contribution in [-0.4, -0.2) is 22.2 Å². The fraction of sp³-hybridized carbons (Fsp3) is 0.400. The number of aromatic hydroxyl groups is 1. The Balaban J connectivity index is 1.89. The van der Waals surface area contributed by atoms with Crippen LogP contribution >= 0.6 is 0 Å². The van der Waals surface area contributed by atoms with Gasteiger partial charge in [0.1, 0.15) is 11.9 Å². The highest BCUT2D eigenvalue weighted by molar-refractivity contribution is 5.87. The molecule has 0 spiro atoms. The number of benzene rings is 1. The molecule has 0 amide bonds. The lowest BCUT2D eigenvalue weighted by atomic mass is 9.93. The summed E-state index contributed by atoms with van der Waals surface area (Å²) in [6.07, 6.45) is 5.92. The lowest BCUT2D eigenvalue weighted by Crippen LogP contribution is -2.33. The smallest absolute Gasteiger partial charge is 0.221 e. The molecule has 1 aromatic heterocycles. The van der Waals surface area contributed by atoms with E-state index in [9.17, 15) is 5.11 Å². The molecule has 2 atom stereocenters. The summed E-state index contributed by atoms with van der Waals surface area (Å²) in [7, 11) is 0. The van der Waals surface area contributed by atoms with E-state index < -0.39 is 0 Å². The summed E-state index contributed by atoms with van der Waals surface area (Å²) in [6, 6.07) is 7.37. The van der Waals surface area contributed by atoms with Crippen molar-refractivity contribution in [2.24, 2.45) is 5.73 Å². The van der Waals surface area contributed by atoms with Gasteiger partial charge in [-0.25, -0.2) is 4.98 Å². The van der Waals surface area contributed by atoms with Crippen molar-refractivity contribution in [3.05, 3.63) is 30.5 Å². The van der Waals surface area contributed by atoms with Crippen molar-refractivity contribution < 1.29 is 9.84 Å². The number of aromatic nitrogens is 1. The van der Waals surface area contributed by atoms with Gasteiger partial charge in [0.05, 0.1) is 0 Å². The van der Waals surface area contributed by atoms with Gasteiger partial charge in [0.15, 0.2) is 0 Å². The molecule has 19 heavy (non-hydrogen) atoms. The summed E-state index contributed by atoms with van der Waals surface area (Å²) in [5.41, 5.74) is 5.98. The molecule has 0 bridgehead atoms. The van der Waals surface area contributed by atoms with Crippen LogP contribution in [0.1, 0.15) is 25.7 Å². The van der Waals surface area contributed by atoms with Crippen LogP contribution in [0.2, 0.25) is 0 Å². The van der Waals surface area contributed by atoms with Crippen molar-refractivity contribution in [3.63, 3.8) is 0 Å². The van der Waals surface area contributed by atoms with Gasteiger partial charge >= 0.3 is 0 Å². The predicted molar refractivity (Wildman–Crippen MR) is 74.3 cm³/mol. The minimum atomic E-state index is 0.129. The molecule has 2 unspecified atom stereocenters. The Morgan fingerprint density at radius 1 is 1.26 bits per heavy atom. The fourth-order valence-corrected chi connectivity index (χ4v) is 2.67. The second kappa shape index (κ2) is 5.05. The fourth-order valence-electron chi connectivity index (χ4n) is 2.67. The molecule has 1 heterocycles. The standard InChI is InChI=1S/C15H18N2O2/c16-11-2-1-3-13(8-11)19-15-14-9-12(18)5-4-10(14)6-7-17-15/h4-7,9,11,13,18H,1-3,8,16H2. The van der Waals surface area contributed by atoms with E-state index in [0.29, 0.717) is 5.88 Å². The lowest BCUT2D eigenvalue weighted by molar-refractivity contribution is 0.141. The van der Waals surface area contributed by atoms with Gasteiger partial charge in [0.25, 0.3) is 0 Å². The van der Waals surface area contributed by atoms with E-state index in [4.69, 9.17) is 10.5 Å². The molecule has 4 heteroatoms. The maximum Gasteiger partial charge on any atom is 0.221 e. The predicted octanol–water partition coefficient (Wildman–Crippen LogP) is 2.59. The molecule has 3 rings (SSSR count). The highest BCUT2D eigenvalue weighted by Crippen LogP contribution is 2.29. The van der Waals surface area contributed by atoms with Crippen molar-refractivity contribution in [2.75, 3.05) is 0 Å². The monoisotopic (exact) mass is 258 g/mol. The molecule has 1 aromatic carbocycles. The topological polar surface area (TPSA) is 68.4 Å². The average Bonchev–Trinajstić information content (AvgIpc) is 2.39. The van der Waals surface area contributed by atoms with Gasteiger partial charge < -0.3 is 15.6 Å². The molecular weight excluding hydrogens is 240 g/mol. The SMILES string of the molecule is NC1CCCC(Oc2nccc3ccc(O)cc23)C1. The molecular formula is C15H18N2O2. The van der Waals surface area contributed by atoms with E-state index in [1.165, 1.54) is 0 Å². The number of phenolic OH excluding ortho intramolecular Hbond substituents is 1. The summed E-state index contributed by atoms with van der Waals surface area (Å²) in [6.45, 7) is 0. The highest BCUT2D eigenvalue weighted by atomic mass is 16.5. The van der Waals surface area contributed by atoms with E-state index in [2.05, 4.69) is 4.98 Å². The Labute approximate surface area is 112 Å². The Kier molecular flexibility index (Phi) is 3.25. The average molecular weight is 258 g/mol. The van der Waals surface area contributed by atoms with E-state index in [0.717, 1.165) is 36.5 Å². The molecule has 4 nitrogen and oxygen atoms in total. The number of pyridine rings is 1. The Hall–Kier alpha value is -1.81. The van der Waals surface area contributed by atoms with Crippen LogP contribution in [0.15, 0.2) is 30.5 Å². The second-order valence-corrected chi connectivity index (χ2v) is 5.19. The number of nitrogens with two attached hydrogens (primary N) is 1. The zero-order chi connectivity index (χ0) is 13.2. The first-order valence-corrected chi connectivity index (χ1v) is 6.72. The zero-order valence-electron chi connectivity index (χ0n) is 10.7. The van der Waals surface area contributed by atoms with E-state index in [1.807, 2.05) is 12.1 Å². The van der Waals surface area contributed by atoms with Crippen molar-refractivity contribution in [3.8, 4) is 11.6 Å². The van der Waals surface area contributed by atoms with Gasteiger partial charge in [-0.15, -0.1) is 0 Å². The lowest BCUT2D eigenvalue weighted by Gasteiger charge is -2.27. The van der Waals surface area contributed by atoms with Gasteiger partial charge in [0.2, 0.25) is 5.88 Å². The number of phenols is 1. The third-order valence-corrected chi connectivity index (χ3v) is 3.66. The molecule has 1 fully saturated rings. The van der Waals surface area contributed by atoms with Gasteiger partial charge in [-0.1, -0.05) is 6.07 Å².